The summed E-state index contributed by atoms with van der Waals surface area (Å²) in [6, 6.07) is 10.3. The first-order chi connectivity index (χ1) is 18.6. The number of anilines is 2. The van der Waals surface area contributed by atoms with Gasteiger partial charge in [-0.2, -0.15) is 4.98 Å². The quantitative estimate of drug-likeness (QED) is 0.357. The second-order valence-electron chi connectivity index (χ2n) is 9.83. The van der Waals surface area contributed by atoms with Gasteiger partial charge in [0.2, 0.25) is 5.95 Å². The van der Waals surface area contributed by atoms with Crippen molar-refractivity contribution >= 4 is 39.1 Å². The molecule has 1 amide bonds. The molecule has 2 heterocycles. The van der Waals surface area contributed by atoms with E-state index in [0.717, 1.165) is 24.4 Å². The lowest BCUT2D eigenvalue weighted by Gasteiger charge is -2.30. The molecule has 0 radical (unpaired) electrons. The molecule has 0 unspecified atom stereocenters. The predicted molar refractivity (Wildman–Crippen MR) is 155 cm³/mol. The Bertz CT molecular complexity index is 1470. The van der Waals surface area contributed by atoms with Crippen molar-refractivity contribution in [2.75, 3.05) is 30.1 Å². The summed E-state index contributed by atoms with van der Waals surface area (Å²) in [6.45, 7) is 5.49. The molecule has 3 aromatic rings. The highest BCUT2D eigenvalue weighted by atomic mass is 35.5. The monoisotopic (exact) mass is 568 g/mol. The van der Waals surface area contributed by atoms with Crippen LogP contribution in [0, 0.1) is 6.92 Å². The maximum atomic E-state index is 13.7. The van der Waals surface area contributed by atoms with Crippen LogP contribution in [0.5, 0.6) is 0 Å². The molecule has 0 atom stereocenters. The Balaban J connectivity index is 1.53. The number of benzene rings is 1. The Morgan fingerprint density at radius 3 is 2.49 bits per heavy atom. The number of nitrogens with one attached hydrogen (secondary N) is 2. The smallest absolute Gasteiger partial charge is 0.255 e. The molecule has 0 saturated heterocycles. The summed E-state index contributed by atoms with van der Waals surface area (Å²) in [7, 11) is 0.0587. The van der Waals surface area contributed by atoms with Crippen LogP contribution in [-0.2, 0) is 9.84 Å². The highest BCUT2D eigenvalue weighted by Crippen LogP contribution is 2.33. The van der Waals surface area contributed by atoms with Gasteiger partial charge in [0.15, 0.2) is 9.84 Å². The molecule has 11 heteroatoms. The number of aryl methyl sites for hydroxylation is 1. The van der Waals surface area contributed by atoms with Crippen molar-refractivity contribution in [1.29, 1.82) is 0 Å². The summed E-state index contributed by atoms with van der Waals surface area (Å²) in [6.07, 6.45) is 5.72. The molecule has 4 rings (SSSR count). The first-order valence-electron chi connectivity index (χ1n) is 12.8. The van der Waals surface area contributed by atoms with E-state index < -0.39 is 15.7 Å². The third kappa shape index (κ3) is 6.75. The highest BCUT2D eigenvalue weighted by molar-refractivity contribution is 7.91. The van der Waals surface area contributed by atoms with E-state index in [0.29, 0.717) is 29.4 Å². The second kappa shape index (κ2) is 12.1. The number of rotatable bonds is 9. The molecule has 0 spiro atoms. The van der Waals surface area contributed by atoms with Gasteiger partial charge in [0.05, 0.1) is 21.9 Å². The van der Waals surface area contributed by atoms with Gasteiger partial charge < -0.3 is 15.5 Å². The molecule has 1 fully saturated rings. The van der Waals surface area contributed by atoms with Gasteiger partial charge in [0.1, 0.15) is 5.82 Å². The Morgan fingerprint density at radius 2 is 1.82 bits per heavy atom. The molecule has 2 aromatic heterocycles. The average molecular weight is 569 g/mol. The Kier molecular flexibility index (Phi) is 8.87. The van der Waals surface area contributed by atoms with E-state index in [-0.39, 0.29) is 34.0 Å². The molecule has 0 aliphatic heterocycles. The lowest BCUT2D eigenvalue weighted by molar-refractivity contribution is 0.0923. The van der Waals surface area contributed by atoms with Gasteiger partial charge in [-0.05, 0) is 44.7 Å². The van der Waals surface area contributed by atoms with Gasteiger partial charge in [-0.3, -0.25) is 9.78 Å². The minimum atomic E-state index is -3.82. The number of carbonyl (C=O) groups is 1. The normalized spacial score (nSPS) is 17.3. The van der Waals surface area contributed by atoms with Gasteiger partial charge in [0.25, 0.3) is 5.91 Å². The van der Waals surface area contributed by atoms with Crippen LogP contribution in [0.15, 0.2) is 60.1 Å². The number of hydrogen-bond acceptors (Lipinski definition) is 8. The average Bonchev–Trinajstić information content (AvgIpc) is 2.89. The molecule has 206 valence electrons. The fraction of sp³-hybridized carbons (Fsp3) is 0.357. The minimum absolute atomic E-state index is 0.00271. The number of hydrogen-bond donors (Lipinski definition) is 2. The summed E-state index contributed by atoms with van der Waals surface area (Å²) in [5.74, 6) is 0.628. The minimum Gasteiger partial charge on any atom is -0.363 e. The molecule has 1 aromatic carbocycles. The van der Waals surface area contributed by atoms with E-state index in [9.17, 15) is 13.2 Å². The zero-order valence-electron chi connectivity index (χ0n) is 22.3. The van der Waals surface area contributed by atoms with Gasteiger partial charge in [-0.25, -0.2) is 13.4 Å². The van der Waals surface area contributed by atoms with Crippen LogP contribution in [0.25, 0.3) is 11.3 Å². The van der Waals surface area contributed by atoms with Crippen molar-refractivity contribution in [3.63, 3.8) is 0 Å². The molecule has 0 bridgehead atoms. The maximum Gasteiger partial charge on any atom is 0.255 e. The predicted octanol–water partition coefficient (Wildman–Crippen LogP) is 4.68. The van der Waals surface area contributed by atoms with E-state index in [1.165, 1.54) is 18.3 Å². The lowest BCUT2D eigenvalue weighted by Crippen LogP contribution is -2.41. The summed E-state index contributed by atoms with van der Waals surface area (Å²) < 4.78 is 26.2. The highest BCUT2D eigenvalue weighted by Gasteiger charge is 2.30. The maximum absolute atomic E-state index is 13.7. The fourth-order valence-corrected chi connectivity index (χ4v) is 6.18. The number of halogens is 1. The van der Waals surface area contributed by atoms with Crippen LogP contribution in [-0.4, -0.2) is 61.2 Å². The molecule has 1 saturated carbocycles. The first kappa shape index (κ1) is 28.5. The number of nitrogens with zero attached hydrogens (tertiary/aromatic N) is 4. The van der Waals surface area contributed by atoms with Crippen LogP contribution in [0.2, 0.25) is 5.02 Å². The van der Waals surface area contributed by atoms with Crippen LogP contribution >= 0.6 is 11.6 Å². The SMILES string of the molecule is C=CCS(=O)(=O)c1ccnc(-c2ccccc2Cl)c1C(=O)NC1CCC(Nc2nc(C)cc(N(C)C)n2)CC1. The standard InChI is InChI=1S/C28H33ClN6O3S/c1-5-16-39(37,38)23-14-15-30-26(21-8-6-7-9-22(21)29)25(23)27(36)32-19-10-12-20(13-11-19)33-28-31-18(2)17-24(34-28)35(3)4/h5-9,14-15,17,19-20H,1,10-13,16H2,2-4H3,(H,32,36)(H,31,33,34). The summed E-state index contributed by atoms with van der Waals surface area (Å²) in [5, 5.41) is 6.86. The molecule has 1 aliphatic carbocycles. The van der Waals surface area contributed by atoms with Gasteiger partial charge in [-0.15, -0.1) is 6.58 Å². The van der Waals surface area contributed by atoms with E-state index in [2.05, 4.69) is 32.2 Å². The number of carbonyl (C=O) groups excluding carboxylic acids is 1. The molecule has 1 aliphatic rings. The zero-order chi connectivity index (χ0) is 28.2. The van der Waals surface area contributed by atoms with Gasteiger partial charge in [-0.1, -0.05) is 35.9 Å². The number of aromatic nitrogens is 3. The molecule has 39 heavy (non-hydrogen) atoms. The third-order valence-electron chi connectivity index (χ3n) is 6.64. The molecule has 2 N–H and O–H groups in total. The van der Waals surface area contributed by atoms with E-state index >= 15 is 0 Å². The van der Waals surface area contributed by atoms with Crippen LogP contribution in [0.3, 0.4) is 0 Å². The Labute approximate surface area is 234 Å². The van der Waals surface area contributed by atoms with Gasteiger partial charge in [0, 0.05) is 54.7 Å². The summed E-state index contributed by atoms with van der Waals surface area (Å²) >= 11 is 6.42. The third-order valence-corrected chi connectivity index (χ3v) is 8.65. The molecule has 9 nitrogen and oxygen atoms in total. The topological polar surface area (TPSA) is 117 Å². The van der Waals surface area contributed by atoms with Crippen molar-refractivity contribution < 1.29 is 13.2 Å². The lowest BCUT2D eigenvalue weighted by atomic mass is 9.91. The van der Waals surface area contributed by atoms with Crippen LogP contribution in [0.1, 0.15) is 41.7 Å². The number of pyridine rings is 1. The second-order valence-corrected chi connectivity index (χ2v) is 12.2. The van der Waals surface area contributed by atoms with Crippen molar-refractivity contribution in [3.05, 3.63) is 71.5 Å². The van der Waals surface area contributed by atoms with Crippen molar-refractivity contribution in [2.24, 2.45) is 0 Å². The van der Waals surface area contributed by atoms with Crippen molar-refractivity contribution in [2.45, 2.75) is 49.6 Å². The first-order valence-corrected chi connectivity index (χ1v) is 14.8. The number of amides is 1. The summed E-state index contributed by atoms with van der Waals surface area (Å²) in [4.78, 5) is 29.0. The fourth-order valence-electron chi connectivity index (χ4n) is 4.69. The van der Waals surface area contributed by atoms with Gasteiger partial charge >= 0.3 is 0 Å². The summed E-state index contributed by atoms with van der Waals surface area (Å²) in [5.41, 5.74) is 1.59. The van der Waals surface area contributed by atoms with Crippen molar-refractivity contribution in [1.82, 2.24) is 20.3 Å². The van der Waals surface area contributed by atoms with E-state index in [1.54, 1.807) is 24.3 Å². The Hall–Kier alpha value is -3.50. The molecular formula is C28H33ClN6O3S. The Morgan fingerprint density at radius 1 is 1.13 bits per heavy atom. The largest absolute Gasteiger partial charge is 0.363 e. The van der Waals surface area contributed by atoms with Crippen LogP contribution in [0.4, 0.5) is 11.8 Å². The molecular weight excluding hydrogens is 536 g/mol. The number of sulfone groups is 1. The van der Waals surface area contributed by atoms with E-state index in [1.807, 2.05) is 32.0 Å². The zero-order valence-corrected chi connectivity index (χ0v) is 23.9. The van der Waals surface area contributed by atoms with Crippen molar-refractivity contribution in [3.8, 4) is 11.3 Å². The van der Waals surface area contributed by atoms with Crippen LogP contribution < -0.4 is 15.5 Å². The van der Waals surface area contributed by atoms with E-state index in [4.69, 9.17) is 11.6 Å².